The smallest absolute Gasteiger partial charge is 0.330 e. The Labute approximate surface area is 127 Å². The van der Waals surface area contributed by atoms with Gasteiger partial charge in [-0.15, -0.1) is 0 Å². The summed E-state index contributed by atoms with van der Waals surface area (Å²) in [6, 6.07) is 0. The number of rotatable bonds is 8. The van der Waals surface area contributed by atoms with Crippen molar-refractivity contribution >= 4 is 17.9 Å². The van der Waals surface area contributed by atoms with Crippen LogP contribution < -0.4 is 0 Å². The lowest BCUT2D eigenvalue weighted by molar-refractivity contribution is -0.163. The van der Waals surface area contributed by atoms with E-state index in [1.165, 1.54) is 6.92 Å². The number of carbonyl (C=O) groups excluding carboxylic acids is 2. The predicted octanol–water partition coefficient (Wildman–Crippen LogP) is 3.72. The van der Waals surface area contributed by atoms with Gasteiger partial charge in [0, 0.05) is 12.0 Å². The highest BCUT2D eigenvalue weighted by Crippen LogP contribution is 2.13. The van der Waals surface area contributed by atoms with E-state index in [0.29, 0.717) is 6.42 Å². The molecule has 122 valence electrons. The summed E-state index contributed by atoms with van der Waals surface area (Å²) in [4.78, 5) is 32.3. The Bertz CT molecular complexity index is 335. The number of ether oxygens (including phenoxy) is 1. The minimum Gasteiger partial charge on any atom is -0.478 e. The predicted molar refractivity (Wildman–Crippen MR) is 81.8 cm³/mol. The van der Waals surface area contributed by atoms with Gasteiger partial charge in [0.2, 0.25) is 0 Å². The van der Waals surface area contributed by atoms with Crippen molar-refractivity contribution in [1.29, 1.82) is 0 Å². The summed E-state index contributed by atoms with van der Waals surface area (Å²) in [6.07, 6.45) is 4.57. The second-order valence-corrected chi connectivity index (χ2v) is 4.88. The van der Waals surface area contributed by atoms with Crippen LogP contribution >= 0.6 is 0 Å². The molecule has 0 fully saturated rings. The Morgan fingerprint density at radius 3 is 2.00 bits per heavy atom. The fourth-order valence-electron chi connectivity index (χ4n) is 1.40. The van der Waals surface area contributed by atoms with Gasteiger partial charge in [-0.1, -0.05) is 40.2 Å². The third-order valence-electron chi connectivity index (χ3n) is 2.78. The zero-order chi connectivity index (χ0) is 16.8. The van der Waals surface area contributed by atoms with E-state index in [0.717, 1.165) is 32.1 Å². The first-order chi connectivity index (χ1) is 9.79. The molecule has 0 rings (SSSR count). The third-order valence-corrected chi connectivity index (χ3v) is 2.78. The van der Waals surface area contributed by atoms with Crippen LogP contribution in [0.2, 0.25) is 0 Å². The fourth-order valence-corrected chi connectivity index (χ4v) is 1.40. The van der Waals surface area contributed by atoms with Crippen LogP contribution in [-0.4, -0.2) is 23.0 Å². The molecule has 5 nitrogen and oxygen atoms in total. The van der Waals surface area contributed by atoms with Crippen LogP contribution in [0.3, 0.4) is 0 Å². The van der Waals surface area contributed by atoms with Crippen molar-refractivity contribution in [3.05, 3.63) is 12.2 Å². The second-order valence-electron chi connectivity index (χ2n) is 4.88. The summed E-state index contributed by atoms with van der Waals surface area (Å²) >= 11 is 0. The zero-order valence-corrected chi connectivity index (χ0v) is 13.6. The number of carbonyl (C=O) groups is 3. The van der Waals surface area contributed by atoms with Gasteiger partial charge >= 0.3 is 17.9 Å². The lowest BCUT2D eigenvalue weighted by Gasteiger charge is -2.11. The molecule has 0 saturated carbocycles. The standard InChI is InChI=1S/C12H22O3.C4H6O2/c1-4-7-9-11(13)15-12(14)10(6-3)8-5-2;1-3(2)4(5)6/h10H,4-9H2,1-3H3;1H2,2H3,(H,5,6). The Balaban J connectivity index is 0. The maximum atomic E-state index is 11.5. The molecular weight excluding hydrogens is 272 g/mol. The van der Waals surface area contributed by atoms with Crippen molar-refractivity contribution < 1.29 is 24.2 Å². The van der Waals surface area contributed by atoms with Crippen molar-refractivity contribution in [2.24, 2.45) is 5.92 Å². The number of unbranched alkanes of at least 4 members (excludes halogenated alkanes) is 1. The van der Waals surface area contributed by atoms with Crippen molar-refractivity contribution in [3.63, 3.8) is 0 Å². The SMILES string of the molecule is C=C(C)C(=O)O.CCCCC(=O)OC(=O)C(CC)CCC. The van der Waals surface area contributed by atoms with Crippen LogP contribution in [-0.2, 0) is 19.1 Å². The molecule has 1 N–H and O–H groups in total. The van der Waals surface area contributed by atoms with E-state index < -0.39 is 5.97 Å². The van der Waals surface area contributed by atoms with Crippen LogP contribution in [0, 0.1) is 5.92 Å². The third kappa shape index (κ3) is 13.1. The summed E-state index contributed by atoms with van der Waals surface area (Å²) in [7, 11) is 0. The Hall–Kier alpha value is -1.65. The number of carboxylic acids is 1. The molecule has 0 saturated heterocycles. The number of hydrogen-bond acceptors (Lipinski definition) is 4. The minimum atomic E-state index is -0.935. The van der Waals surface area contributed by atoms with E-state index in [-0.39, 0.29) is 23.4 Å². The van der Waals surface area contributed by atoms with Gasteiger partial charge in [0.1, 0.15) is 0 Å². The van der Waals surface area contributed by atoms with E-state index >= 15 is 0 Å². The molecule has 1 unspecified atom stereocenters. The molecule has 0 aromatic rings. The number of carboxylic acid groups (broad SMARTS) is 1. The summed E-state index contributed by atoms with van der Waals surface area (Å²) in [6.45, 7) is 10.6. The highest BCUT2D eigenvalue weighted by atomic mass is 16.6. The number of esters is 2. The molecule has 0 bridgehead atoms. The van der Waals surface area contributed by atoms with Crippen LogP contribution in [0.4, 0.5) is 0 Å². The molecule has 21 heavy (non-hydrogen) atoms. The maximum absolute atomic E-state index is 11.5. The van der Waals surface area contributed by atoms with E-state index in [2.05, 4.69) is 6.58 Å². The number of hydrogen-bond donors (Lipinski definition) is 1. The van der Waals surface area contributed by atoms with Gasteiger partial charge in [-0.25, -0.2) is 4.79 Å². The number of aliphatic carboxylic acids is 1. The van der Waals surface area contributed by atoms with Gasteiger partial charge in [-0.2, -0.15) is 0 Å². The highest BCUT2D eigenvalue weighted by Gasteiger charge is 2.19. The summed E-state index contributed by atoms with van der Waals surface area (Å²) in [5.74, 6) is -1.77. The van der Waals surface area contributed by atoms with Crippen LogP contribution in [0.1, 0.15) is 66.2 Å². The molecule has 0 amide bonds. The largest absolute Gasteiger partial charge is 0.478 e. The topological polar surface area (TPSA) is 80.7 Å². The normalized spacial score (nSPS) is 10.9. The van der Waals surface area contributed by atoms with Crippen LogP contribution in [0.15, 0.2) is 12.2 Å². The lowest BCUT2D eigenvalue weighted by atomic mass is 10.0. The summed E-state index contributed by atoms with van der Waals surface area (Å²) in [5.41, 5.74) is 0.176. The second kappa shape index (κ2) is 13.3. The van der Waals surface area contributed by atoms with Crippen molar-refractivity contribution in [2.45, 2.75) is 66.2 Å². The maximum Gasteiger partial charge on any atom is 0.330 e. The Morgan fingerprint density at radius 2 is 1.67 bits per heavy atom. The van der Waals surface area contributed by atoms with Gasteiger partial charge in [0.25, 0.3) is 0 Å². The molecule has 0 aromatic carbocycles. The van der Waals surface area contributed by atoms with Crippen molar-refractivity contribution in [2.75, 3.05) is 0 Å². The first-order valence-electron chi connectivity index (χ1n) is 7.43. The summed E-state index contributed by atoms with van der Waals surface area (Å²) < 4.78 is 4.78. The lowest BCUT2D eigenvalue weighted by Crippen LogP contribution is -2.20. The quantitative estimate of drug-likeness (QED) is 0.420. The van der Waals surface area contributed by atoms with Crippen molar-refractivity contribution in [1.82, 2.24) is 0 Å². The molecule has 0 aliphatic heterocycles. The molecule has 0 aromatic heterocycles. The van der Waals surface area contributed by atoms with E-state index in [1.54, 1.807) is 0 Å². The fraction of sp³-hybridized carbons (Fsp3) is 0.688. The molecule has 0 aliphatic carbocycles. The Kier molecular flexibility index (Phi) is 13.7. The molecule has 0 aliphatic rings. The van der Waals surface area contributed by atoms with Crippen LogP contribution in [0.25, 0.3) is 0 Å². The van der Waals surface area contributed by atoms with Gasteiger partial charge < -0.3 is 9.84 Å². The van der Waals surface area contributed by atoms with Gasteiger partial charge in [-0.05, 0) is 26.2 Å². The molecule has 0 spiro atoms. The Morgan fingerprint density at radius 1 is 1.14 bits per heavy atom. The monoisotopic (exact) mass is 300 g/mol. The van der Waals surface area contributed by atoms with Gasteiger partial charge in [0.05, 0.1) is 5.92 Å². The first kappa shape index (κ1) is 21.6. The van der Waals surface area contributed by atoms with Gasteiger partial charge in [-0.3, -0.25) is 9.59 Å². The zero-order valence-electron chi connectivity index (χ0n) is 13.6. The average Bonchev–Trinajstić information content (AvgIpc) is 2.42. The molecule has 5 heteroatoms. The molecule has 0 heterocycles. The molecule has 1 atom stereocenters. The first-order valence-corrected chi connectivity index (χ1v) is 7.43. The highest BCUT2D eigenvalue weighted by molar-refractivity contribution is 5.86. The van der Waals surface area contributed by atoms with Crippen molar-refractivity contribution in [3.8, 4) is 0 Å². The average molecular weight is 300 g/mol. The molecular formula is C16H28O5. The van der Waals surface area contributed by atoms with Crippen LogP contribution in [0.5, 0.6) is 0 Å². The molecule has 0 radical (unpaired) electrons. The van der Waals surface area contributed by atoms with E-state index in [9.17, 15) is 14.4 Å². The minimum absolute atomic E-state index is 0.111. The van der Waals surface area contributed by atoms with E-state index in [4.69, 9.17) is 9.84 Å². The van der Waals surface area contributed by atoms with Gasteiger partial charge in [0.15, 0.2) is 0 Å². The summed E-state index contributed by atoms with van der Waals surface area (Å²) in [5, 5.41) is 7.89. The van der Waals surface area contributed by atoms with E-state index in [1.807, 2.05) is 20.8 Å².